The van der Waals surface area contributed by atoms with Crippen LogP contribution in [-0.4, -0.2) is 15.8 Å². The zero-order chi connectivity index (χ0) is 10.3. The van der Waals surface area contributed by atoms with Gasteiger partial charge in [-0.2, -0.15) is 0 Å². The number of ketones is 1. The smallest absolute Gasteiger partial charge is 0.162 e. The summed E-state index contributed by atoms with van der Waals surface area (Å²) in [6.45, 7) is 1.37. The maximum absolute atomic E-state index is 13.3. The average Bonchev–Trinajstić information content (AvgIpc) is 2.56. The molecule has 0 saturated carbocycles. The van der Waals surface area contributed by atoms with E-state index in [-0.39, 0.29) is 17.0 Å². The van der Waals surface area contributed by atoms with Crippen LogP contribution in [0.4, 0.5) is 10.2 Å². The molecule has 0 aliphatic heterocycles. The summed E-state index contributed by atoms with van der Waals surface area (Å²) in [6.07, 6.45) is 2.45. The molecule has 0 aliphatic carbocycles. The molecule has 0 spiro atoms. The topological polar surface area (TPSA) is 71.8 Å². The minimum Gasteiger partial charge on any atom is -0.382 e. The van der Waals surface area contributed by atoms with Crippen molar-refractivity contribution < 1.29 is 9.18 Å². The Bertz CT molecular complexity index is 518. The predicted molar refractivity (Wildman–Crippen MR) is 50.5 cm³/mol. The lowest BCUT2D eigenvalue weighted by Crippen LogP contribution is -1.95. The monoisotopic (exact) mass is 193 g/mol. The molecule has 0 atom stereocenters. The Kier molecular flexibility index (Phi) is 1.73. The van der Waals surface area contributed by atoms with Crippen LogP contribution in [0.25, 0.3) is 10.9 Å². The van der Waals surface area contributed by atoms with Gasteiger partial charge in [-0.3, -0.25) is 4.79 Å². The molecule has 0 aliphatic rings. The summed E-state index contributed by atoms with van der Waals surface area (Å²) in [6, 6.07) is 0. The zero-order valence-corrected chi connectivity index (χ0v) is 7.47. The number of nitrogen functional groups attached to an aromatic ring is 1. The van der Waals surface area contributed by atoms with Gasteiger partial charge in [-0.25, -0.2) is 9.37 Å². The van der Waals surface area contributed by atoms with Crippen LogP contribution in [-0.2, 0) is 0 Å². The fourth-order valence-electron chi connectivity index (χ4n) is 1.41. The lowest BCUT2D eigenvalue weighted by atomic mass is 10.1. The molecule has 0 saturated heterocycles. The van der Waals surface area contributed by atoms with E-state index in [4.69, 9.17) is 5.73 Å². The highest BCUT2D eigenvalue weighted by atomic mass is 19.1. The van der Waals surface area contributed by atoms with Crippen molar-refractivity contribution in [3.63, 3.8) is 0 Å². The highest BCUT2D eigenvalue weighted by Crippen LogP contribution is 2.24. The van der Waals surface area contributed by atoms with Gasteiger partial charge in [0.15, 0.2) is 11.6 Å². The third kappa shape index (κ3) is 1.06. The minimum atomic E-state index is -0.541. The van der Waals surface area contributed by atoms with Gasteiger partial charge in [0.05, 0.1) is 17.1 Å². The van der Waals surface area contributed by atoms with Crippen LogP contribution >= 0.6 is 0 Å². The number of Topliss-reactive ketones (excluding diaryl/α,β-unsaturated/α-hetero) is 1. The Morgan fingerprint density at radius 3 is 3.00 bits per heavy atom. The van der Waals surface area contributed by atoms with Crippen LogP contribution in [0.3, 0.4) is 0 Å². The molecule has 0 radical (unpaired) electrons. The number of hydrogen-bond donors (Lipinski definition) is 2. The molecule has 4 nitrogen and oxygen atoms in total. The van der Waals surface area contributed by atoms with E-state index in [2.05, 4.69) is 9.97 Å². The second kappa shape index (κ2) is 2.80. The van der Waals surface area contributed by atoms with Crippen LogP contribution in [0, 0.1) is 5.82 Å². The highest BCUT2D eigenvalue weighted by Gasteiger charge is 2.14. The summed E-state index contributed by atoms with van der Waals surface area (Å²) in [5.41, 5.74) is 6.19. The molecular formula is C9H8FN3O. The van der Waals surface area contributed by atoms with Crippen LogP contribution in [0.5, 0.6) is 0 Å². The Labute approximate surface area is 78.9 Å². The van der Waals surface area contributed by atoms with Crippen LogP contribution < -0.4 is 5.73 Å². The van der Waals surface area contributed by atoms with Gasteiger partial charge in [-0.15, -0.1) is 0 Å². The number of carbonyl (C=O) groups excluding carboxylic acids is 1. The number of rotatable bonds is 1. The van der Waals surface area contributed by atoms with E-state index in [9.17, 15) is 9.18 Å². The van der Waals surface area contributed by atoms with Gasteiger partial charge >= 0.3 is 0 Å². The van der Waals surface area contributed by atoms with Gasteiger partial charge < -0.3 is 10.7 Å². The first kappa shape index (κ1) is 8.68. The molecular weight excluding hydrogens is 185 g/mol. The van der Waals surface area contributed by atoms with Crippen molar-refractivity contribution >= 4 is 22.5 Å². The number of nitrogens with one attached hydrogen (secondary N) is 1. The van der Waals surface area contributed by atoms with Gasteiger partial charge in [0.2, 0.25) is 0 Å². The Morgan fingerprint density at radius 2 is 2.36 bits per heavy atom. The van der Waals surface area contributed by atoms with E-state index in [1.54, 1.807) is 0 Å². The van der Waals surface area contributed by atoms with Crippen molar-refractivity contribution in [2.75, 3.05) is 5.73 Å². The van der Waals surface area contributed by atoms with E-state index < -0.39 is 5.82 Å². The minimum absolute atomic E-state index is 0.189. The largest absolute Gasteiger partial charge is 0.382 e. The third-order valence-corrected chi connectivity index (χ3v) is 2.07. The molecule has 2 rings (SSSR count). The van der Waals surface area contributed by atoms with E-state index >= 15 is 0 Å². The Hall–Kier alpha value is -1.91. The first-order valence-electron chi connectivity index (χ1n) is 4.03. The molecule has 0 unspecified atom stereocenters. The molecule has 2 aromatic heterocycles. The molecule has 0 amide bonds. The molecule has 2 heterocycles. The Balaban J connectivity index is 2.90. The predicted octanol–water partition coefficient (Wildman–Crippen LogP) is 1.49. The Morgan fingerprint density at radius 1 is 1.64 bits per heavy atom. The maximum atomic E-state index is 13.3. The number of halogens is 1. The first-order chi connectivity index (χ1) is 6.61. The second-order valence-corrected chi connectivity index (χ2v) is 3.00. The molecule has 0 fully saturated rings. The van der Waals surface area contributed by atoms with Gasteiger partial charge in [-0.05, 0) is 6.92 Å². The van der Waals surface area contributed by atoms with Crippen LogP contribution in [0.15, 0.2) is 12.4 Å². The normalized spacial score (nSPS) is 10.7. The number of hydrogen-bond acceptors (Lipinski definition) is 3. The van der Waals surface area contributed by atoms with E-state index in [1.165, 1.54) is 13.1 Å². The summed E-state index contributed by atoms with van der Waals surface area (Å²) < 4.78 is 13.3. The number of aromatic nitrogens is 2. The van der Waals surface area contributed by atoms with Crippen molar-refractivity contribution in [1.82, 2.24) is 9.97 Å². The molecule has 3 N–H and O–H groups in total. The number of fused-ring (bicyclic) bond motifs is 1. The zero-order valence-electron chi connectivity index (χ0n) is 7.47. The number of aromatic amines is 1. The van der Waals surface area contributed by atoms with E-state index in [0.29, 0.717) is 11.1 Å². The summed E-state index contributed by atoms with van der Waals surface area (Å²) >= 11 is 0. The van der Waals surface area contributed by atoms with Gasteiger partial charge in [-0.1, -0.05) is 0 Å². The van der Waals surface area contributed by atoms with Crippen LogP contribution in [0.2, 0.25) is 0 Å². The summed E-state index contributed by atoms with van der Waals surface area (Å²) in [4.78, 5) is 17.5. The maximum Gasteiger partial charge on any atom is 0.162 e. The summed E-state index contributed by atoms with van der Waals surface area (Å²) in [5.74, 6) is -0.560. The molecule has 0 aromatic carbocycles. The van der Waals surface area contributed by atoms with E-state index in [0.717, 1.165) is 6.20 Å². The number of carbonyl (C=O) groups is 1. The van der Waals surface area contributed by atoms with E-state index in [1.807, 2.05) is 0 Å². The van der Waals surface area contributed by atoms with Crippen molar-refractivity contribution in [1.29, 1.82) is 0 Å². The number of H-pyrrole nitrogens is 1. The average molecular weight is 193 g/mol. The SMILES string of the molecule is CC(=O)c1c[nH]c2c(N)ncc(F)c12. The lowest BCUT2D eigenvalue weighted by Gasteiger charge is -1.97. The molecule has 2 aromatic rings. The summed E-state index contributed by atoms with van der Waals surface area (Å²) in [7, 11) is 0. The fraction of sp³-hybridized carbons (Fsp3) is 0.111. The van der Waals surface area contributed by atoms with Crippen molar-refractivity contribution in [3.8, 4) is 0 Å². The van der Waals surface area contributed by atoms with Crippen molar-refractivity contribution in [2.45, 2.75) is 6.92 Å². The molecule has 5 heteroatoms. The fourth-order valence-corrected chi connectivity index (χ4v) is 1.41. The van der Waals surface area contributed by atoms with Crippen molar-refractivity contribution in [3.05, 3.63) is 23.8 Å². The highest BCUT2D eigenvalue weighted by molar-refractivity contribution is 6.08. The molecule has 72 valence electrons. The lowest BCUT2D eigenvalue weighted by molar-refractivity contribution is 0.101. The van der Waals surface area contributed by atoms with Gasteiger partial charge in [0, 0.05) is 11.8 Å². The first-order valence-corrected chi connectivity index (χ1v) is 4.03. The number of nitrogens with two attached hydrogens (primary N) is 1. The quantitative estimate of drug-likeness (QED) is 0.674. The number of pyridine rings is 1. The second-order valence-electron chi connectivity index (χ2n) is 3.00. The molecule has 14 heavy (non-hydrogen) atoms. The van der Waals surface area contributed by atoms with Gasteiger partial charge in [0.25, 0.3) is 0 Å². The van der Waals surface area contributed by atoms with Gasteiger partial charge in [0.1, 0.15) is 5.82 Å². The number of nitrogens with zero attached hydrogens (tertiary/aromatic N) is 1. The third-order valence-electron chi connectivity index (χ3n) is 2.07. The van der Waals surface area contributed by atoms with Crippen LogP contribution in [0.1, 0.15) is 17.3 Å². The summed E-state index contributed by atoms with van der Waals surface area (Å²) in [5, 5.41) is 0.213. The molecule has 0 bridgehead atoms. The standard InChI is InChI=1S/C9H8FN3O/c1-4(14)5-2-12-8-7(5)6(10)3-13-9(8)11/h2-3,12H,1H3,(H2,11,13). The van der Waals surface area contributed by atoms with Crippen molar-refractivity contribution in [2.24, 2.45) is 0 Å². The number of anilines is 1.